The summed E-state index contributed by atoms with van der Waals surface area (Å²) < 4.78 is 43.9. The number of halogens is 4. The van der Waals surface area contributed by atoms with Crippen molar-refractivity contribution < 1.29 is 22.8 Å². The topological polar surface area (TPSA) is 88.7 Å². The first-order chi connectivity index (χ1) is 20.2. The van der Waals surface area contributed by atoms with Gasteiger partial charge in [-0.05, 0) is 75.1 Å². The highest BCUT2D eigenvalue weighted by Crippen LogP contribution is 2.36. The lowest BCUT2D eigenvalue weighted by molar-refractivity contribution is -0.138. The van der Waals surface area contributed by atoms with Crippen LogP contribution in [0, 0.1) is 12.8 Å². The highest BCUT2D eigenvalue weighted by molar-refractivity contribution is 9.10. The monoisotopic (exact) mass is 657 g/mol. The molecule has 43 heavy (non-hydrogen) atoms. The van der Waals surface area contributed by atoms with E-state index in [4.69, 9.17) is 5.10 Å². The maximum Gasteiger partial charge on any atom is 0.417 e. The molecule has 1 N–H and O–H groups in total. The molecule has 4 aromatic rings. The first-order valence-electron chi connectivity index (χ1n) is 13.9. The molecule has 0 saturated carbocycles. The van der Waals surface area contributed by atoms with Crippen LogP contribution in [0.5, 0.6) is 0 Å². The number of carbonyl (C=O) groups is 2. The minimum atomic E-state index is -4.63. The number of nitrogens with zero attached hydrogens (tertiary/aromatic N) is 4. The van der Waals surface area contributed by atoms with Crippen molar-refractivity contribution in [3.8, 4) is 5.69 Å². The first-order valence-corrected chi connectivity index (χ1v) is 14.7. The van der Waals surface area contributed by atoms with Crippen molar-refractivity contribution in [3.05, 3.63) is 96.5 Å². The van der Waals surface area contributed by atoms with E-state index in [0.717, 1.165) is 17.3 Å². The van der Waals surface area contributed by atoms with E-state index >= 15 is 0 Å². The fraction of sp³-hybridized carbons (Fsp3) is 0.355. The molecule has 2 aromatic heterocycles. The second-order valence-electron chi connectivity index (χ2n) is 11.3. The van der Waals surface area contributed by atoms with E-state index in [1.807, 2.05) is 6.92 Å². The zero-order chi connectivity index (χ0) is 31.4. The molecule has 12 heteroatoms. The number of fused-ring (bicyclic) bond motifs is 3. The average Bonchev–Trinajstić information content (AvgIpc) is 3.26. The Hall–Kier alpha value is -3.93. The fourth-order valence-corrected chi connectivity index (χ4v) is 6.12. The summed E-state index contributed by atoms with van der Waals surface area (Å²) in [5.41, 5.74) is 2.90. The van der Waals surface area contributed by atoms with Crippen molar-refractivity contribution in [3.63, 3.8) is 0 Å². The Morgan fingerprint density at radius 3 is 2.37 bits per heavy atom. The van der Waals surface area contributed by atoms with Gasteiger partial charge < -0.3 is 10.2 Å². The van der Waals surface area contributed by atoms with Crippen molar-refractivity contribution in [1.29, 1.82) is 0 Å². The third-order valence-electron chi connectivity index (χ3n) is 7.79. The third-order valence-corrected chi connectivity index (χ3v) is 8.48. The molecule has 1 aliphatic heterocycles. The van der Waals surface area contributed by atoms with Crippen molar-refractivity contribution in [1.82, 2.24) is 24.4 Å². The molecule has 0 bridgehead atoms. The van der Waals surface area contributed by atoms with Gasteiger partial charge in [-0.15, -0.1) is 0 Å². The van der Waals surface area contributed by atoms with Gasteiger partial charge in [0.25, 0.3) is 17.4 Å². The van der Waals surface area contributed by atoms with E-state index in [1.54, 1.807) is 47.3 Å². The molecule has 5 rings (SSSR count). The summed E-state index contributed by atoms with van der Waals surface area (Å²) in [5, 5.41) is 7.40. The van der Waals surface area contributed by atoms with Crippen LogP contribution in [0.4, 0.5) is 13.2 Å². The van der Waals surface area contributed by atoms with Crippen LogP contribution in [0.3, 0.4) is 0 Å². The number of aromatic nitrogens is 3. The largest absolute Gasteiger partial charge is 0.417 e. The summed E-state index contributed by atoms with van der Waals surface area (Å²) in [6, 6.07) is 9.69. The number of hydrogen-bond donors (Lipinski definition) is 1. The smallest absolute Gasteiger partial charge is 0.355 e. The van der Waals surface area contributed by atoms with Gasteiger partial charge in [0.15, 0.2) is 0 Å². The van der Waals surface area contributed by atoms with Crippen LogP contribution in [-0.2, 0) is 25.6 Å². The van der Waals surface area contributed by atoms with E-state index in [2.05, 4.69) is 35.1 Å². The Morgan fingerprint density at radius 1 is 1.12 bits per heavy atom. The van der Waals surface area contributed by atoms with Crippen molar-refractivity contribution in [2.45, 2.75) is 59.3 Å². The number of aryl methyl sites for hydroxylation is 1. The summed E-state index contributed by atoms with van der Waals surface area (Å²) in [4.78, 5) is 41.5. The van der Waals surface area contributed by atoms with Gasteiger partial charge in [0.1, 0.15) is 5.65 Å². The van der Waals surface area contributed by atoms with Crippen LogP contribution in [0.25, 0.3) is 11.3 Å². The van der Waals surface area contributed by atoms with Gasteiger partial charge in [-0.25, -0.2) is 4.52 Å². The van der Waals surface area contributed by atoms with Crippen LogP contribution >= 0.6 is 15.9 Å². The molecule has 2 aromatic carbocycles. The molecule has 1 atom stereocenters. The average molecular weight is 659 g/mol. The number of rotatable bonds is 5. The van der Waals surface area contributed by atoms with E-state index in [0.29, 0.717) is 34.6 Å². The zero-order valence-corrected chi connectivity index (χ0v) is 25.9. The molecule has 3 heterocycles. The standard InChI is InChI=1S/C31H31BrF3N5O3/c1-16(2)12-22-18(4)37-40-26-15-38(29(42)20-8-11-25(32)24(14-20)31(33,34)35)17(3)13-23(26)30(43)39(28(22)40)21-9-6-19(7-10-21)27(41)36-5/h6-11,14,16-17H,12-13,15H2,1-5H3,(H,36,41). The summed E-state index contributed by atoms with van der Waals surface area (Å²) >= 11 is 2.93. The van der Waals surface area contributed by atoms with Gasteiger partial charge >= 0.3 is 6.18 Å². The van der Waals surface area contributed by atoms with Crippen LogP contribution in [0.1, 0.15) is 69.6 Å². The predicted octanol–water partition coefficient (Wildman–Crippen LogP) is 5.72. The normalized spacial score (nSPS) is 15.2. The van der Waals surface area contributed by atoms with E-state index in [1.165, 1.54) is 17.0 Å². The molecular weight excluding hydrogens is 627 g/mol. The molecule has 1 unspecified atom stereocenters. The molecule has 0 saturated heterocycles. The number of carbonyl (C=O) groups excluding carboxylic acids is 2. The number of alkyl halides is 3. The van der Waals surface area contributed by atoms with E-state index in [-0.39, 0.29) is 40.4 Å². The second kappa shape index (κ2) is 11.3. The lowest BCUT2D eigenvalue weighted by Gasteiger charge is -2.35. The summed E-state index contributed by atoms with van der Waals surface area (Å²) in [6.07, 6.45) is -3.81. The SMILES string of the molecule is CNC(=O)c1ccc(-n2c(=O)c3c(n4nc(C)c(CC(C)C)c24)CN(C(=O)c2ccc(Br)c(C(F)(F)F)c2)C(C)C3)cc1. The Kier molecular flexibility index (Phi) is 8.02. The van der Waals surface area contributed by atoms with Crippen molar-refractivity contribution >= 4 is 33.4 Å². The van der Waals surface area contributed by atoms with E-state index in [9.17, 15) is 27.6 Å². The summed E-state index contributed by atoms with van der Waals surface area (Å²) in [5.74, 6) is -0.563. The van der Waals surface area contributed by atoms with Gasteiger partial charge in [0.05, 0.1) is 29.2 Å². The van der Waals surface area contributed by atoms with Gasteiger partial charge in [-0.3, -0.25) is 19.0 Å². The molecule has 0 spiro atoms. The van der Waals surface area contributed by atoms with Crippen LogP contribution in [0.15, 0.2) is 51.7 Å². The maximum atomic E-state index is 14.2. The van der Waals surface area contributed by atoms with Crippen LogP contribution in [-0.4, -0.2) is 44.0 Å². The van der Waals surface area contributed by atoms with Gasteiger partial charge in [0, 0.05) is 39.8 Å². The minimum Gasteiger partial charge on any atom is -0.355 e. The van der Waals surface area contributed by atoms with Gasteiger partial charge in [0.2, 0.25) is 0 Å². The predicted molar refractivity (Wildman–Crippen MR) is 160 cm³/mol. The highest BCUT2D eigenvalue weighted by Gasteiger charge is 2.36. The number of nitrogens with one attached hydrogen (secondary N) is 1. The lowest BCUT2D eigenvalue weighted by Crippen LogP contribution is -2.46. The van der Waals surface area contributed by atoms with Crippen molar-refractivity contribution in [2.75, 3.05) is 7.05 Å². The highest BCUT2D eigenvalue weighted by atomic mass is 79.9. The quantitative estimate of drug-likeness (QED) is 0.297. The Morgan fingerprint density at radius 2 is 1.77 bits per heavy atom. The fourth-order valence-electron chi connectivity index (χ4n) is 5.64. The Labute approximate surface area is 254 Å². The van der Waals surface area contributed by atoms with Crippen molar-refractivity contribution in [2.24, 2.45) is 5.92 Å². The molecule has 0 radical (unpaired) electrons. The molecule has 2 amide bonds. The van der Waals surface area contributed by atoms with Crippen LogP contribution < -0.4 is 10.9 Å². The number of hydrogen-bond acceptors (Lipinski definition) is 4. The molecule has 0 fully saturated rings. The Balaban J connectivity index is 1.68. The van der Waals surface area contributed by atoms with Gasteiger partial charge in [-0.1, -0.05) is 29.8 Å². The second-order valence-corrected chi connectivity index (χ2v) is 12.1. The lowest BCUT2D eigenvalue weighted by atomic mass is 9.97. The van der Waals surface area contributed by atoms with Gasteiger partial charge in [-0.2, -0.15) is 18.3 Å². The number of benzene rings is 2. The Bertz CT molecular complexity index is 1810. The maximum absolute atomic E-state index is 14.2. The molecule has 8 nitrogen and oxygen atoms in total. The zero-order valence-electron chi connectivity index (χ0n) is 24.3. The van der Waals surface area contributed by atoms with Crippen LogP contribution in [0.2, 0.25) is 0 Å². The number of amides is 2. The molecule has 0 aliphatic carbocycles. The molecule has 226 valence electrons. The van der Waals surface area contributed by atoms with E-state index < -0.39 is 23.7 Å². The minimum absolute atomic E-state index is 0.00280. The summed E-state index contributed by atoms with van der Waals surface area (Å²) in [6.45, 7) is 7.77. The first kappa shape index (κ1) is 30.5. The molecular formula is C31H31BrF3N5O3. The molecule has 1 aliphatic rings. The third kappa shape index (κ3) is 5.48. The summed E-state index contributed by atoms with van der Waals surface area (Å²) in [7, 11) is 1.54.